The van der Waals surface area contributed by atoms with E-state index in [2.05, 4.69) is 25.6 Å². The fourth-order valence-electron chi connectivity index (χ4n) is 4.11. The van der Waals surface area contributed by atoms with Crippen molar-refractivity contribution in [1.82, 2.24) is 20.3 Å². The highest BCUT2D eigenvalue weighted by Crippen LogP contribution is 2.56. The number of anilines is 2. The molecule has 3 unspecified atom stereocenters. The van der Waals surface area contributed by atoms with E-state index in [1.54, 1.807) is 6.92 Å². The zero-order valence-electron chi connectivity index (χ0n) is 14.2. The zero-order valence-corrected chi connectivity index (χ0v) is 14.2. The molecule has 4 rings (SSSR count). The molecule has 3 atom stereocenters. The first-order valence-corrected chi connectivity index (χ1v) is 9.02. The molecule has 3 aliphatic rings. The number of hydrogen-bond donors (Lipinski definition) is 3. The van der Waals surface area contributed by atoms with Gasteiger partial charge < -0.3 is 16.4 Å². The number of nitrogen functional groups attached to an aromatic ring is 1. The lowest BCUT2D eigenvalue weighted by molar-refractivity contribution is -0.122. The molecular weight excluding hydrogens is 304 g/mol. The van der Waals surface area contributed by atoms with Crippen molar-refractivity contribution in [2.45, 2.75) is 45.4 Å². The van der Waals surface area contributed by atoms with Crippen LogP contribution in [0.4, 0.5) is 11.9 Å². The quantitative estimate of drug-likeness (QED) is 0.700. The standard InChI is InChI=1S/C17H26N6O/c1-10-21-15(18)23-16(22-10)20-9-17(4-5-17)8-19-14(24)7-12-3-2-11-6-13(11)12/h11-13H,2-9H2,1H3,(H,19,24)(H3,18,20,21,22,23). The summed E-state index contributed by atoms with van der Waals surface area (Å²) in [6.07, 6.45) is 6.90. The minimum atomic E-state index is 0.142. The summed E-state index contributed by atoms with van der Waals surface area (Å²) in [5, 5.41) is 6.40. The molecular formula is C17H26N6O. The summed E-state index contributed by atoms with van der Waals surface area (Å²) in [4.78, 5) is 24.5. The third-order valence-electron chi connectivity index (χ3n) is 5.94. The van der Waals surface area contributed by atoms with Crippen molar-refractivity contribution >= 4 is 17.8 Å². The van der Waals surface area contributed by atoms with Gasteiger partial charge in [-0.05, 0) is 56.8 Å². The van der Waals surface area contributed by atoms with Crippen molar-refractivity contribution in [3.63, 3.8) is 0 Å². The first-order valence-electron chi connectivity index (χ1n) is 9.02. The van der Waals surface area contributed by atoms with Gasteiger partial charge >= 0.3 is 0 Å². The Balaban J connectivity index is 1.23. The zero-order chi connectivity index (χ0) is 16.7. The molecule has 3 fully saturated rings. The fraction of sp³-hybridized carbons (Fsp3) is 0.765. The summed E-state index contributed by atoms with van der Waals surface area (Å²) >= 11 is 0. The van der Waals surface area contributed by atoms with Crippen molar-refractivity contribution in [2.24, 2.45) is 23.2 Å². The predicted molar refractivity (Wildman–Crippen MR) is 91.1 cm³/mol. The van der Waals surface area contributed by atoms with E-state index in [1.807, 2.05) is 0 Å². The minimum absolute atomic E-state index is 0.142. The van der Waals surface area contributed by atoms with E-state index in [0.29, 0.717) is 24.1 Å². The van der Waals surface area contributed by atoms with Crippen molar-refractivity contribution in [1.29, 1.82) is 0 Å². The summed E-state index contributed by atoms with van der Waals surface area (Å²) in [5.41, 5.74) is 5.79. The second-order valence-electron chi connectivity index (χ2n) is 7.90. The molecule has 0 radical (unpaired) electrons. The molecule has 1 heterocycles. The van der Waals surface area contributed by atoms with Gasteiger partial charge in [0.05, 0.1) is 0 Å². The Morgan fingerprint density at radius 2 is 2.08 bits per heavy atom. The van der Waals surface area contributed by atoms with Gasteiger partial charge in [-0.2, -0.15) is 15.0 Å². The van der Waals surface area contributed by atoms with Crippen LogP contribution in [0, 0.1) is 30.1 Å². The Morgan fingerprint density at radius 3 is 2.71 bits per heavy atom. The lowest BCUT2D eigenvalue weighted by atomic mass is 9.99. The molecule has 3 saturated carbocycles. The summed E-state index contributed by atoms with van der Waals surface area (Å²) in [7, 11) is 0. The molecule has 0 aliphatic heterocycles. The molecule has 0 saturated heterocycles. The first kappa shape index (κ1) is 15.6. The number of nitrogens with one attached hydrogen (secondary N) is 2. The van der Waals surface area contributed by atoms with E-state index >= 15 is 0 Å². The number of amides is 1. The van der Waals surface area contributed by atoms with Gasteiger partial charge in [-0.1, -0.05) is 0 Å². The molecule has 7 heteroatoms. The molecule has 0 aromatic carbocycles. The smallest absolute Gasteiger partial charge is 0.227 e. The SMILES string of the molecule is Cc1nc(N)nc(NCC2(CNC(=O)CC3CCC4CC34)CC2)n1. The summed E-state index contributed by atoms with van der Waals surface area (Å²) in [6, 6.07) is 0. The highest BCUT2D eigenvalue weighted by Gasteiger charge is 2.48. The lowest BCUT2D eigenvalue weighted by Crippen LogP contribution is -2.34. The molecule has 3 aliphatic carbocycles. The Morgan fingerprint density at radius 1 is 1.25 bits per heavy atom. The third kappa shape index (κ3) is 3.44. The van der Waals surface area contributed by atoms with Gasteiger partial charge in [-0.15, -0.1) is 0 Å². The van der Waals surface area contributed by atoms with E-state index in [1.165, 1.54) is 19.3 Å². The lowest BCUT2D eigenvalue weighted by Gasteiger charge is -2.18. The largest absolute Gasteiger partial charge is 0.368 e. The summed E-state index contributed by atoms with van der Waals surface area (Å²) < 4.78 is 0. The second-order valence-corrected chi connectivity index (χ2v) is 7.90. The van der Waals surface area contributed by atoms with Crippen molar-refractivity contribution in [2.75, 3.05) is 24.1 Å². The second kappa shape index (κ2) is 5.86. The van der Waals surface area contributed by atoms with Crippen LogP contribution in [0.15, 0.2) is 0 Å². The van der Waals surface area contributed by atoms with Crippen LogP contribution in [0.2, 0.25) is 0 Å². The minimum Gasteiger partial charge on any atom is -0.368 e. The monoisotopic (exact) mass is 330 g/mol. The maximum absolute atomic E-state index is 12.2. The van der Waals surface area contributed by atoms with Gasteiger partial charge in [-0.3, -0.25) is 4.79 Å². The molecule has 0 bridgehead atoms. The number of nitrogens with two attached hydrogens (primary N) is 1. The number of nitrogens with zero attached hydrogens (tertiary/aromatic N) is 3. The average Bonchev–Trinajstić information content (AvgIpc) is 3.44. The molecule has 1 aromatic rings. The predicted octanol–water partition coefficient (Wildman–Crippen LogP) is 1.51. The number of carbonyl (C=O) groups is 1. The van der Waals surface area contributed by atoms with Crippen LogP contribution < -0.4 is 16.4 Å². The topological polar surface area (TPSA) is 106 Å². The van der Waals surface area contributed by atoms with Crippen molar-refractivity contribution in [3.8, 4) is 0 Å². The number of aryl methyl sites for hydroxylation is 1. The van der Waals surface area contributed by atoms with Crippen LogP contribution in [0.3, 0.4) is 0 Å². The molecule has 7 nitrogen and oxygen atoms in total. The van der Waals surface area contributed by atoms with E-state index in [9.17, 15) is 4.79 Å². The number of carbonyl (C=O) groups excluding carboxylic acids is 1. The number of aromatic nitrogens is 3. The fourth-order valence-corrected chi connectivity index (χ4v) is 4.11. The van der Waals surface area contributed by atoms with Crippen LogP contribution in [0.5, 0.6) is 0 Å². The summed E-state index contributed by atoms with van der Waals surface area (Å²) in [5.74, 6) is 4.01. The highest BCUT2D eigenvalue weighted by atomic mass is 16.1. The number of rotatable bonds is 7. The molecule has 130 valence electrons. The molecule has 0 spiro atoms. The van der Waals surface area contributed by atoms with Gasteiger partial charge in [0, 0.05) is 24.9 Å². The average molecular weight is 330 g/mol. The molecule has 24 heavy (non-hydrogen) atoms. The highest BCUT2D eigenvalue weighted by molar-refractivity contribution is 5.76. The normalized spacial score (nSPS) is 29.0. The van der Waals surface area contributed by atoms with E-state index in [0.717, 1.165) is 37.8 Å². The van der Waals surface area contributed by atoms with Gasteiger partial charge in [0.25, 0.3) is 0 Å². The Labute approximate surface area is 142 Å². The van der Waals surface area contributed by atoms with E-state index < -0.39 is 0 Å². The third-order valence-corrected chi connectivity index (χ3v) is 5.94. The van der Waals surface area contributed by atoms with E-state index in [-0.39, 0.29) is 17.3 Å². The Hall–Kier alpha value is -1.92. The maximum Gasteiger partial charge on any atom is 0.227 e. The van der Waals surface area contributed by atoms with Gasteiger partial charge in [0.2, 0.25) is 17.8 Å². The van der Waals surface area contributed by atoms with E-state index in [4.69, 9.17) is 5.73 Å². The number of hydrogen-bond acceptors (Lipinski definition) is 6. The van der Waals surface area contributed by atoms with Crippen molar-refractivity contribution < 1.29 is 4.79 Å². The van der Waals surface area contributed by atoms with Crippen molar-refractivity contribution in [3.05, 3.63) is 5.82 Å². The van der Waals surface area contributed by atoms with Crippen LogP contribution in [0.25, 0.3) is 0 Å². The van der Waals surface area contributed by atoms with Crippen LogP contribution in [-0.4, -0.2) is 33.9 Å². The summed E-state index contributed by atoms with van der Waals surface area (Å²) in [6.45, 7) is 3.28. The van der Waals surface area contributed by atoms with Gasteiger partial charge in [0.15, 0.2) is 0 Å². The number of fused-ring (bicyclic) bond motifs is 1. The molecule has 1 aromatic heterocycles. The van der Waals surface area contributed by atoms with Crippen LogP contribution >= 0.6 is 0 Å². The van der Waals surface area contributed by atoms with Crippen LogP contribution in [-0.2, 0) is 4.79 Å². The Kier molecular flexibility index (Phi) is 3.81. The van der Waals surface area contributed by atoms with Gasteiger partial charge in [-0.25, -0.2) is 0 Å². The van der Waals surface area contributed by atoms with Gasteiger partial charge in [0.1, 0.15) is 5.82 Å². The molecule has 4 N–H and O–H groups in total. The Bertz CT molecular complexity index is 624. The molecule has 1 amide bonds. The maximum atomic E-state index is 12.2. The van der Waals surface area contributed by atoms with Crippen LogP contribution in [0.1, 0.15) is 44.3 Å². The first-order chi connectivity index (χ1) is 11.5.